The van der Waals surface area contributed by atoms with Gasteiger partial charge in [0.1, 0.15) is 5.41 Å². The van der Waals surface area contributed by atoms with E-state index in [0.29, 0.717) is 30.0 Å². The first-order chi connectivity index (χ1) is 14.6. The third kappa shape index (κ3) is 4.00. The molecule has 2 aromatic carbocycles. The molecule has 0 aliphatic heterocycles. The zero-order chi connectivity index (χ0) is 22.8. The molecule has 5 nitrogen and oxygen atoms in total. The molecule has 1 atom stereocenters. The van der Waals surface area contributed by atoms with Crippen LogP contribution in [0, 0.1) is 17.2 Å². The van der Waals surface area contributed by atoms with Gasteiger partial charge in [-0.25, -0.2) is 0 Å². The van der Waals surface area contributed by atoms with Crippen molar-refractivity contribution >= 4 is 11.8 Å². The van der Waals surface area contributed by atoms with Crippen molar-refractivity contribution in [2.24, 2.45) is 17.4 Å². The number of alkyl halides is 3. The molecular weight excluding hydrogens is 407 g/mol. The van der Waals surface area contributed by atoms with Gasteiger partial charge in [0.25, 0.3) is 0 Å². The number of amides is 2. The summed E-state index contributed by atoms with van der Waals surface area (Å²) in [6.45, 7) is 0. The van der Waals surface area contributed by atoms with E-state index < -0.39 is 34.9 Å². The van der Waals surface area contributed by atoms with Crippen molar-refractivity contribution in [3.63, 3.8) is 0 Å². The van der Waals surface area contributed by atoms with Gasteiger partial charge in [-0.3, -0.25) is 9.59 Å². The van der Waals surface area contributed by atoms with Crippen molar-refractivity contribution in [3.8, 4) is 6.07 Å². The van der Waals surface area contributed by atoms with Crippen LogP contribution in [0.5, 0.6) is 0 Å². The average Bonchev–Trinajstić information content (AvgIpc) is 2.74. The highest BCUT2D eigenvalue weighted by Gasteiger charge is 2.51. The molecular formula is C23H22F3N3O2. The van der Waals surface area contributed by atoms with Crippen molar-refractivity contribution in [1.82, 2.24) is 0 Å². The third-order valence-electron chi connectivity index (χ3n) is 6.11. The lowest BCUT2D eigenvalue weighted by atomic mass is 9.60. The average molecular weight is 429 g/mol. The van der Waals surface area contributed by atoms with E-state index in [1.807, 2.05) is 6.07 Å². The molecule has 1 saturated carbocycles. The summed E-state index contributed by atoms with van der Waals surface area (Å²) in [5.41, 5.74) is 8.21. The lowest BCUT2D eigenvalue weighted by molar-refractivity contribution is -0.139. The van der Waals surface area contributed by atoms with Crippen molar-refractivity contribution in [2.45, 2.75) is 43.7 Å². The number of rotatable bonds is 5. The number of hydrogen-bond acceptors (Lipinski definition) is 3. The molecule has 0 heterocycles. The molecule has 1 aliphatic rings. The molecule has 8 heteroatoms. The maximum atomic E-state index is 14.1. The molecule has 0 spiro atoms. The lowest BCUT2D eigenvalue weighted by Crippen LogP contribution is -2.50. The molecule has 0 aromatic heterocycles. The van der Waals surface area contributed by atoms with E-state index in [2.05, 4.69) is 0 Å². The van der Waals surface area contributed by atoms with Gasteiger partial charge in [0.05, 0.1) is 17.2 Å². The van der Waals surface area contributed by atoms with E-state index in [0.717, 1.165) is 25.3 Å². The molecule has 1 fully saturated rings. The highest BCUT2D eigenvalue weighted by molar-refractivity contribution is 5.95. The maximum Gasteiger partial charge on any atom is 0.416 e. The van der Waals surface area contributed by atoms with Gasteiger partial charge >= 0.3 is 6.18 Å². The molecule has 1 aliphatic carbocycles. The summed E-state index contributed by atoms with van der Waals surface area (Å²) >= 11 is 0. The minimum Gasteiger partial charge on any atom is -0.369 e. The van der Waals surface area contributed by atoms with Crippen LogP contribution in [-0.4, -0.2) is 11.8 Å². The Morgan fingerprint density at radius 2 is 1.55 bits per heavy atom. The fraction of sp³-hybridized carbons (Fsp3) is 0.348. The zero-order valence-corrected chi connectivity index (χ0v) is 16.7. The molecule has 3 rings (SSSR count). The van der Waals surface area contributed by atoms with Crippen LogP contribution >= 0.6 is 0 Å². The maximum absolute atomic E-state index is 14.1. The molecule has 31 heavy (non-hydrogen) atoms. The van der Waals surface area contributed by atoms with E-state index in [1.165, 1.54) is 30.3 Å². The zero-order valence-electron chi connectivity index (χ0n) is 16.7. The van der Waals surface area contributed by atoms with Crippen molar-refractivity contribution in [3.05, 3.63) is 70.3 Å². The smallest absolute Gasteiger partial charge is 0.369 e. The number of carbonyl (C=O) groups excluding carboxylic acids is 2. The van der Waals surface area contributed by atoms with Crippen molar-refractivity contribution < 1.29 is 22.8 Å². The summed E-state index contributed by atoms with van der Waals surface area (Å²) < 4.78 is 42.4. The second-order valence-electron chi connectivity index (χ2n) is 7.82. The van der Waals surface area contributed by atoms with Gasteiger partial charge in [-0.05, 0) is 54.2 Å². The van der Waals surface area contributed by atoms with Gasteiger partial charge in [-0.2, -0.15) is 18.4 Å². The molecule has 2 aromatic rings. The molecule has 0 radical (unpaired) electrons. The molecule has 162 valence electrons. The van der Waals surface area contributed by atoms with E-state index in [1.54, 1.807) is 0 Å². The summed E-state index contributed by atoms with van der Waals surface area (Å²) in [6.07, 6.45) is -1.35. The third-order valence-corrected chi connectivity index (χ3v) is 6.11. The standard InChI is InChI=1S/C23H22F3N3O2/c24-23(25,26)19-12-15(20(28)30)8-11-18(19)22(21(29)31,16-4-2-1-3-5-16)17-9-6-14(13-27)7-10-17/h6-12,16H,1-5H2,(H2,28,30)(H2,29,31). The largest absolute Gasteiger partial charge is 0.416 e. The Hall–Kier alpha value is -3.34. The van der Waals surface area contributed by atoms with Gasteiger partial charge in [-0.1, -0.05) is 37.5 Å². The van der Waals surface area contributed by atoms with Crippen molar-refractivity contribution in [1.29, 1.82) is 5.26 Å². The predicted molar refractivity (Wildman–Crippen MR) is 108 cm³/mol. The number of nitrogens with zero attached hydrogens (tertiary/aromatic N) is 1. The summed E-state index contributed by atoms with van der Waals surface area (Å²) in [6, 6.07) is 10.9. The van der Waals surface area contributed by atoms with E-state index >= 15 is 0 Å². The number of halogens is 3. The van der Waals surface area contributed by atoms with Gasteiger partial charge in [0, 0.05) is 5.56 Å². The number of carbonyl (C=O) groups is 2. The van der Waals surface area contributed by atoms with Crippen LogP contribution in [0.25, 0.3) is 0 Å². The van der Waals surface area contributed by atoms with E-state index in [4.69, 9.17) is 16.7 Å². The minimum absolute atomic E-state index is 0.295. The summed E-state index contributed by atoms with van der Waals surface area (Å²) in [7, 11) is 0. The fourth-order valence-electron chi connectivity index (χ4n) is 4.71. The van der Waals surface area contributed by atoms with Crippen LogP contribution in [0.4, 0.5) is 13.2 Å². The Kier molecular flexibility index (Phi) is 6.07. The van der Waals surface area contributed by atoms with Crippen LogP contribution in [0.2, 0.25) is 0 Å². The van der Waals surface area contributed by atoms with E-state index in [-0.39, 0.29) is 11.1 Å². The molecule has 0 bridgehead atoms. The molecule has 2 amide bonds. The fourth-order valence-corrected chi connectivity index (χ4v) is 4.71. The molecule has 4 N–H and O–H groups in total. The second-order valence-corrected chi connectivity index (χ2v) is 7.82. The van der Waals surface area contributed by atoms with Gasteiger partial charge in [-0.15, -0.1) is 0 Å². The van der Waals surface area contributed by atoms with E-state index in [9.17, 15) is 22.8 Å². The van der Waals surface area contributed by atoms with Gasteiger partial charge in [0.15, 0.2) is 0 Å². The Morgan fingerprint density at radius 1 is 0.935 bits per heavy atom. The Labute approximate surface area is 177 Å². The Balaban J connectivity index is 2.39. The van der Waals surface area contributed by atoms with Crippen LogP contribution in [0.1, 0.15) is 64.7 Å². The highest BCUT2D eigenvalue weighted by atomic mass is 19.4. The second kappa shape index (κ2) is 8.42. The predicted octanol–water partition coefficient (Wildman–Crippen LogP) is 4.03. The van der Waals surface area contributed by atoms with Crippen LogP contribution < -0.4 is 11.5 Å². The first-order valence-electron chi connectivity index (χ1n) is 9.94. The van der Waals surface area contributed by atoms with Crippen LogP contribution in [0.3, 0.4) is 0 Å². The number of benzene rings is 2. The number of nitriles is 1. The quantitative estimate of drug-likeness (QED) is 0.749. The summed E-state index contributed by atoms with van der Waals surface area (Å²) in [5.74, 6) is -2.37. The molecule has 0 saturated heterocycles. The SMILES string of the molecule is N#Cc1ccc(C(C(N)=O)(c2ccc(C(N)=O)cc2C(F)(F)F)C2CCCCC2)cc1. The first kappa shape index (κ1) is 22.3. The van der Waals surface area contributed by atoms with Crippen molar-refractivity contribution in [2.75, 3.05) is 0 Å². The minimum atomic E-state index is -4.84. The monoisotopic (exact) mass is 429 g/mol. The number of nitrogens with two attached hydrogens (primary N) is 2. The summed E-state index contributed by atoms with van der Waals surface area (Å²) in [5, 5.41) is 9.11. The van der Waals surface area contributed by atoms with Crippen LogP contribution in [-0.2, 0) is 16.4 Å². The highest BCUT2D eigenvalue weighted by Crippen LogP contribution is 2.49. The van der Waals surface area contributed by atoms with Gasteiger partial charge in [0.2, 0.25) is 11.8 Å². The molecule has 1 unspecified atom stereocenters. The van der Waals surface area contributed by atoms with Crippen LogP contribution in [0.15, 0.2) is 42.5 Å². The normalized spacial score (nSPS) is 16.8. The first-order valence-corrected chi connectivity index (χ1v) is 9.94. The number of hydrogen-bond donors (Lipinski definition) is 2. The number of primary amides is 2. The van der Waals surface area contributed by atoms with Gasteiger partial charge < -0.3 is 11.5 Å². The Morgan fingerprint density at radius 3 is 2.03 bits per heavy atom. The summed E-state index contributed by atoms with van der Waals surface area (Å²) in [4.78, 5) is 24.6. The Bertz CT molecular complexity index is 1040. The lowest BCUT2D eigenvalue weighted by Gasteiger charge is -2.42. The topological polar surface area (TPSA) is 110 Å².